The highest BCUT2D eigenvalue weighted by Gasteiger charge is 2.29. The lowest BCUT2D eigenvalue weighted by molar-refractivity contribution is 0.159. The Morgan fingerprint density at radius 3 is 2.43 bits per heavy atom. The van der Waals surface area contributed by atoms with Gasteiger partial charge in [0.1, 0.15) is 9.84 Å². The van der Waals surface area contributed by atoms with Crippen molar-refractivity contribution in [2.24, 2.45) is 17.8 Å². The zero-order valence-corrected chi connectivity index (χ0v) is 15.1. The molecular weight excluding hydrogens is 282 g/mol. The summed E-state index contributed by atoms with van der Waals surface area (Å²) in [6.07, 6.45) is 8.57. The van der Waals surface area contributed by atoms with E-state index in [9.17, 15) is 8.42 Å². The number of hydrogen-bond acceptors (Lipinski definition) is 3. The molecule has 1 rings (SSSR count). The van der Waals surface area contributed by atoms with Crippen molar-refractivity contribution in [2.75, 3.05) is 24.6 Å². The summed E-state index contributed by atoms with van der Waals surface area (Å²) in [4.78, 5) is 0. The van der Waals surface area contributed by atoms with Crippen molar-refractivity contribution in [2.45, 2.75) is 65.7 Å². The average Bonchev–Trinajstić information content (AvgIpc) is 2.46. The van der Waals surface area contributed by atoms with Gasteiger partial charge in [-0.05, 0) is 56.5 Å². The van der Waals surface area contributed by atoms with Gasteiger partial charge in [0.05, 0.1) is 5.75 Å². The van der Waals surface area contributed by atoms with Gasteiger partial charge in [-0.1, -0.05) is 40.0 Å². The molecule has 3 unspecified atom stereocenters. The highest BCUT2D eigenvalue weighted by atomic mass is 32.2. The first kappa shape index (κ1) is 19.0. The van der Waals surface area contributed by atoms with Crippen LogP contribution in [0.5, 0.6) is 0 Å². The fourth-order valence-electron chi connectivity index (χ4n) is 3.76. The molecule has 0 heterocycles. The molecule has 0 aromatic heterocycles. The van der Waals surface area contributed by atoms with E-state index >= 15 is 0 Å². The third-order valence-corrected chi connectivity index (χ3v) is 6.86. The van der Waals surface area contributed by atoms with Gasteiger partial charge in [0.2, 0.25) is 0 Å². The van der Waals surface area contributed by atoms with Crippen molar-refractivity contribution in [1.29, 1.82) is 0 Å². The van der Waals surface area contributed by atoms with Crippen molar-refractivity contribution in [3.05, 3.63) is 0 Å². The molecule has 21 heavy (non-hydrogen) atoms. The Bertz CT molecular complexity index is 367. The molecule has 4 heteroatoms. The number of hydrogen-bond donors (Lipinski definition) is 1. The molecule has 1 saturated carbocycles. The van der Waals surface area contributed by atoms with Crippen LogP contribution in [0, 0.1) is 17.8 Å². The fraction of sp³-hybridized carbons (Fsp3) is 1.00. The molecule has 3 atom stereocenters. The number of nitrogens with one attached hydrogen (secondary N) is 1. The van der Waals surface area contributed by atoms with E-state index in [1.165, 1.54) is 32.1 Å². The maximum Gasteiger partial charge on any atom is 0.150 e. The van der Waals surface area contributed by atoms with Gasteiger partial charge < -0.3 is 5.32 Å². The fourth-order valence-corrected chi connectivity index (χ4v) is 4.65. The molecule has 1 fully saturated rings. The minimum atomic E-state index is -2.79. The quantitative estimate of drug-likeness (QED) is 0.669. The Morgan fingerprint density at radius 1 is 1.05 bits per heavy atom. The van der Waals surface area contributed by atoms with Crippen LogP contribution in [0.3, 0.4) is 0 Å². The van der Waals surface area contributed by atoms with Crippen molar-refractivity contribution in [3.8, 4) is 0 Å². The molecule has 1 aliphatic rings. The van der Waals surface area contributed by atoms with Crippen molar-refractivity contribution < 1.29 is 8.42 Å². The van der Waals surface area contributed by atoms with Gasteiger partial charge in [-0.15, -0.1) is 0 Å². The van der Waals surface area contributed by atoms with Gasteiger partial charge >= 0.3 is 0 Å². The maximum absolute atomic E-state index is 11.6. The third-order valence-electron chi connectivity index (χ3n) is 5.07. The normalized spacial score (nSPS) is 26.9. The van der Waals surface area contributed by atoms with Gasteiger partial charge in [-0.25, -0.2) is 8.42 Å². The summed E-state index contributed by atoms with van der Waals surface area (Å²) < 4.78 is 23.3. The molecule has 0 aromatic rings. The second kappa shape index (κ2) is 9.83. The Morgan fingerprint density at radius 2 is 1.81 bits per heavy atom. The Balaban J connectivity index is 2.48. The smallest absolute Gasteiger partial charge is 0.150 e. The second-order valence-corrected chi connectivity index (χ2v) is 9.15. The van der Waals surface area contributed by atoms with Crippen molar-refractivity contribution >= 4 is 9.84 Å². The summed E-state index contributed by atoms with van der Waals surface area (Å²) >= 11 is 0. The van der Waals surface area contributed by atoms with Crippen LogP contribution in [-0.4, -0.2) is 33.0 Å². The molecule has 0 aromatic carbocycles. The van der Waals surface area contributed by atoms with Crippen LogP contribution in [0.25, 0.3) is 0 Å². The minimum Gasteiger partial charge on any atom is -0.317 e. The molecule has 0 spiro atoms. The zero-order chi connectivity index (χ0) is 15.7. The monoisotopic (exact) mass is 317 g/mol. The summed E-state index contributed by atoms with van der Waals surface area (Å²) in [6, 6.07) is 0. The van der Waals surface area contributed by atoms with E-state index in [1.807, 2.05) is 0 Å². The molecule has 0 amide bonds. The lowest BCUT2D eigenvalue weighted by Crippen LogP contribution is -2.33. The van der Waals surface area contributed by atoms with Crippen molar-refractivity contribution in [3.63, 3.8) is 0 Å². The molecule has 0 saturated heterocycles. The van der Waals surface area contributed by atoms with Crippen LogP contribution in [0.4, 0.5) is 0 Å². The van der Waals surface area contributed by atoms with Gasteiger partial charge in [0.25, 0.3) is 0 Å². The average molecular weight is 318 g/mol. The molecule has 1 aliphatic carbocycles. The van der Waals surface area contributed by atoms with Gasteiger partial charge in [0, 0.05) is 5.75 Å². The summed E-state index contributed by atoms with van der Waals surface area (Å²) in [5.74, 6) is 3.02. The van der Waals surface area contributed by atoms with E-state index in [4.69, 9.17) is 0 Å². The zero-order valence-electron chi connectivity index (χ0n) is 14.2. The molecule has 0 aliphatic heterocycles. The Labute approximate surface area is 132 Å². The lowest BCUT2D eigenvalue weighted by Gasteiger charge is -2.36. The summed E-state index contributed by atoms with van der Waals surface area (Å²) in [5, 5.41) is 3.49. The maximum atomic E-state index is 11.6. The minimum absolute atomic E-state index is 0.289. The Kier molecular flexibility index (Phi) is 8.88. The molecule has 126 valence electrons. The van der Waals surface area contributed by atoms with Crippen molar-refractivity contribution in [1.82, 2.24) is 5.32 Å². The van der Waals surface area contributed by atoms with E-state index in [1.54, 1.807) is 6.92 Å². The standard InChI is InChI=1S/C17H35NO2S/c1-4-8-15-10-11-17(14-18-5-2)16(13-15)9-7-12-21(19,20)6-3/h15-18H,4-14H2,1-3H3. The first-order valence-corrected chi connectivity index (χ1v) is 10.8. The van der Waals surface area contributed by atoms with Crippen LogP contribution in [0.2, 0.25) is 0 Å². The van der Waals surface area contributed by atoms with Gasteiger partial charge in [-0.2, -0.15) is 0 Å². The lowest BCUT2D eigenvalue weighted by atomic mass is 9.71. The SMILES string of the molecule is CCCC1CCC(CNCC)C(CCCS(=O)(=O)CC)C1. The van der Waals surface area contributed by atoms with Crippen LogP contribution in [0.1, 0.15) is 65.7 Å². The highest BCUT2D eigenvalue weighted by molar-refractivity contribution is 7.91. The molecule has 0 bridgehead atoms. The first-order chi connectivity index (χ1) is 10.0. The highest BCUT2D eigenvalue weighted by Crippen LogP contribution is 2.38. The van der Waals surface area contributed by atoms with Gasteiger partial charge in [0.15, 0.2) is 0 Å². The largest absolute Gasteiger partial charge is 0.317 e. The molecular formula is C17H35NO2S. The van der Waals surface area contributed by atoms with E-state index in [0.717, 1.165) is 43.7 Å². The number of sulfone groups is 1. The van der Waals surface area contributed by atoms with E-state index in [0.29, 0.717) is 5.75 Å². The predicted molar refractivity (Wildman–Crippen MR) is 91.3 cm³/mol. The summed E-state index contributed by atoms with van der Waals surface area (Å²) in [5.41, 5.74) is 0. The van der Waals surface area contributed by atoms with Crippen LogP contribution < -0.4 is 5.32 Å². The topological polar surface area (TPSA) is 46.2 Å². The van der Waals surface area contributed by atoms with E-state index in [2.05, 4.69) is 19.2 Å². The van der Waals surface area contributed by atoms with Crippen LogP contribution in [0.15, 0.2) is 0 Å². The van der Waals surface area contributed by atoms with Gasteiger partial charge in [-0.3, -0.25) is 0 Å². The van der Waals surface area contributed by atoms with E-state index < -0.39 is 9.84 Å². The molecule has 0 radical (unpaired) electrons. The van der Waals surface area contributed by atoms with Crippen LogP contribution >= 0.6 is 0 Å². The predicted octanol–water partition coefficient (Wildman–Crippen LogP) is 3.64. The van der Waals surface area contributed by atoms with E-state index in [-0.39, 0.29) is 5.75 Å². The molecule has 1 N–H and O–H groups in total. The Hall–Kier alpha value is -0.0900. The third kappa shape index (κ3) is 7.14. The summed E-state index contributed by atoms with van der Waals surface area (Å²) in [6.45, 7) is 8.33. The first-order valence-electron chi connectivity index (χ1n) is 8.93. The van der Waals surface area contributed by atoms with Crippen LogP contribution in [-0.2, 0) is 9.84 Å². The summed E-state index contributed by atoms with van der Waals surface area (Å²) in [7, 11) is -2.79. The second-order valence-electron chi connectivity index (χ2n) is 6.67. The number of rotatable bonds is 10. The molecule has 3 nitrogen and oxygen atoms in total.